The number of fused-ring (bicyclic) bond motifs is 3. The van der Waals surface area contributed by atoms with Gasteiger partial charge in [0.05, 0.1) is 11.3 Å². The van der Waals surface area contributed by atoms with Crippen LogP contribution < -0.4 is 5.32 Å². The van der Waals surface area contributed by atoms with Crippen molar-refractivity contribution < 1.29 is 9.18 Å². The van der Waals surface area contributed by atoms with E-state index in [0.717, 1.165) is 36.1 Å². The first-order valence-corrected chi connectivity index (χ1v) is 12.6. The molecule has 0 radical (unpaired) electrons. The number of likely N-dealkylation sites (tertiary alicyclic amines) is 1. The molecule has 176 valence electrons. The summed E-state index contributed by atoms with van der Waals surface area (Å²) in [4.78, 5) is 19.5. The van der Waals surface area contributed by atoms with Crippen molar-refractivity contribution >= 4 is 39.7 Å². The average Bonchev–Trinajstić information content (AvgIpc) is 3.18. The molecule has 0 unspecified atom stereocenters. The molecule has 1 aliphatic heterocycles. The SMILES string of the molecule is O=C(CSc1nnc2c3ccccc3n(Cc3ccc(F)cc3)c2n1)NCCN1CCCCC1. The Hall–Kier alpha value is -3.04. The lowest BCUT2D eigenvalue weighted by molar-refractivity contribution is -0.118. The smallest absolute Gasteiger partial charge is 0.230 e. The van der Waals surface area contributed by atoms with E-state index in [4.69, 9.17) is 4.98 Å². The highest BCUT2D eigenvalue weighted by molar-refractivity contribution is 7.99. The van der Waals surface area contributed by atoms with Gasteiger partial charge in [0.1, 0.15) is 11.3 Å². The van der Waals surface area contributed by atoms with Gasteiger partial charge in [0.25, 0.3) is 0 Å². The van der Waals surface area contributed by atoms with E-state index in [1.54, 1.807) is 12.1 Å². The summed E-state index contributed by atoms with van der Waals surface area (Å²) in [6.45, 7) is 4.32. The molecule has 1 saturated heterocycles. The highest BCUT2D eigenvalue weighted by Gasteiger charge is 2.16. The van der Waals surface area contributed by atoms with Gasteiger partial charge >= 0.3 is 0 Å². The molecule has 2 aromatic heterocycles. The lowest BCUT2D eigenvalue weighted by atomic mass is 10.1. The molecule has 0 atom stereocenters. The lowest BCUT2D eigenvalue weighted by Crippen LogP contribution is -2.38. The minimum atomic E-state index is -0.261. The van der Waals surface area contributed by atoms with E-state index in [-0.39, 0.29) is 17.5 Å². The Labute approximate surface area is 201 Å². The second-order valence-electron chi connectivity index (χ2n) is 8.54. The van der Waals surface area contributed by atoms with Crippen LogP contribution in [0.15, 0.2) is 53.7 Å². The molecule has 0 aliphatic carbocycles. The number of carbonyl (C=O) groups excluding carboxylic acids is 1. The first-order chi connectivity index (χ1) is 16.7. The van der Waals surface area contributed by atoms with Crippen LogP contribution in [0.5, 0.6) is 0 Å². The fraction of sp³-hybridized carbons (Fsp3) is 0.360. The maximum atomic E-state index is 13.4. The third-order valence-electron chi connectivity index (χ3n) is 6.14. The normalized spacial score (nSPS) is 14.6. The summed E-state index contributed by atoms with van der Waals surface area (Å²) in [5, 5.41) is 13.1. The molecule has 9 heteroatoms. The Morgan fingerprint density at radius 2 is 1.82 bits per heavy atom. The van der Waals surface area contributed by atoms with Crippen molar-refractivity contribution in [1.29, 1.82) is 0 Å². The predicted octanol–water partition coefficient (Wildman–Crippen LogP) is 3.86. The fourth-order valence-corrected chi connectivity index (χ4v) is 5.01. The van der Waals surface area contributed by atoms with Crippen molar-refractivity contribution in [3.8, 4) is 0 Å². The summed E-state index contributed by atoms with van der Waals surface area (Å²) < 4.78 is 15.4. The van der Waals surface area contributed by atoms with Crippen molar-refractivity contribution in [2.75, 3.05) is 31.9 Å². The standard InChI is InChI=1S/C25H27FN6OS/c26-19-10-8-18(9-11-19)16-32-21-7-3-2-6-20(21)23-24(32)28-25(30-29-23)34-17-22(33)27-12-15-31-13-4-1-5-14-31/h2-3,6-11H,1,4-5,12-17H2,(H,27,33). The summed E-state index contributed by atoms with van der Waals surface area (Å²) in [5.74, 6) is -0.0498. The second kappa shape index (κ2) is 10.5. The van der Waals surface area contributed by atoms with Gasteiger partial charge in [0.2, 0.25) is 11.1 Å². The monoisotopic (exact) mass is 478 g/mol. The summed E-state index contributed by atoms with van der Waals surface area (Å²) in [5.41, 5.74) is 3.37. The first kappa shape index (κ1) is 22.7. The topological polar surface area (TPSA) is 75.9 Å². The molecular weight excluding hydrogens is 451 g/mol. The average molecular weight is 479 g/mol. The molecule has 7 nitrogen and oxygen atoms in total. The van der Waals surface area contributed by atoms with E-state index in [9.17, 15) is 9.18 Å². The van der Waals surface area contributed by atoms with Gasteiger partial charge in [0, 0.05) is 25.0 Å². The zero-order valence-electron chi connectivity index (χ0n) is 18.9. The van der Waals surface area contributed by atoms with Crippen molar-refractivity contribution in [3.63, 3.8) is 0 Å². The fourth-order valence-electron chi connectivity index (χ4n) is 4.40. The van der Waals surface area contributed by atoms with Crippen LogP contribution in [0.2, 0.25) is 0 Å². The van der Waals surface area contributed by atoms with Crippen molar-refractivity contribution in [2.45, 2.75) is 31.0 Å². The summed E-state index contributed by atoms with van der Waals surface area (Å²) in [6, 6.07) is 14.4. The number of nitrogens with zero attached hydrogens (tertiary/aromatic N) is 5. The summed E-state index contributed by atoms with van der Waals surface area (Å²) >= 11 is 1.28. The molecule has 3 heterocycles. The van der Waals surface area contributed by atoms with Gasteiger partial charge in [-0.1, -0.05) is 48.5 Å². The van der Waals surface area contributed by atoms with Gasteiger partial charge in [-0.25, -0.2) is 9.37 Å². The van der Waals surface area contributed by atoms with Gasteiger partial charge in [-0.3, -0.25) is 4.79 Å². The van der Waals surface area contributed by atoms with Crippen LogP contribution >= 0.6 is 11.8 Å². The molecule has 0 bridgehead atoms. The van der Waals surface area contributed by atoms with E-state index < -0.39 is 0 Å². The van der Waals surface area contributed by atoms with Gasteiger partial charge in [-0.15, -0.1) is 10.2 Å². The molecule has 1 amide bonds. The molecule has 34 heavy (non-hydrogen) atoms. The Morgan fingerprint density at radius 1 is 1.03 bits per heavy atom. The van der Waals surface area contributed by atoms with Gasteiger partial charge in [-0.05, 0) is 49.7 Å². The zero-order chi connectivity index (χ0) is 23.3. The van der Waals surface area contributed by atoms with E-state index >= 15 is 0 Å². The summed E-state index contributed by atoms with van der Waals surface area (Å²) in [7, 11) is 0. The first-order valence-electron chi connectivity index (χ1n) is 11.7. The molecule has 1 aliphatic rings. The number of amides is 1. The molecule has 0 saturated carbocycles. The maximum absolute atomic E-state index is 13.4. The van der Waals surface area contributed by atoms with E-state index in [0.29, 0.717) is 29.4 Å². The number of aromatic nitrogens is 4. The second-order valence-corrected chi connectivity index (χ2v) is 9.48. The number of para-hydroxylation sites is 1. The van der Waals surface area contributed by atoms with Crippen LogP contribution in [-0.4, -0.2) is 62.5 Å². The lowest BCUT2D eigenvalue weighted by Gasteiger charge is -2.26. The largest absolute Gasteiger partial charge is 0.354 e. The number of thioether (sulfide) groups is 1. The zero-order valence-corrected chi connectivity index (χ0v) is 19.7. The van der Waals surface area contributed by atoms with Crippen LogP contribution in [0.1, 0.15) is 24.8 Å². The Bertz CT molecular complexity index is 1290. The Morgan fingerprint density at radius 3 is 2.65 bits per heavy atom. The maximum Gasteiger partial charge on any atom is 0.230 e. The number of rotatable bonds is 8. The number of halogens is 1. The molecule has 1 fully saturated rings. The van der Waals surface area contributed by atoms with Crippen LogP contribution in [0.25, 0.3) is 22.1 Å². The van der Waals surface area contributed by atoms with Crippen LogP contribution in [0.3, 0.4) is 0 Å². The molecule has 1 N–H and O–H groups in total. The molecular formula is C25H27FN6OS. The number of nitrogens with one attached hydrogen (secondary N) is 1. The molecule has 5 rings (SSSR count). The summed E-state index contributed by atoms with van der Waals surface area (Å²) in [6.07, 6.45) is 3.80. The highest BCUT2D eigenvalue weighted by Crippen LogP contribution is 2.28. The van der Waals surface area contributed by atoms with Crippen molar-refractivity contribution in [3.05, 3.63) is 59.9 Å². The van der Waals surface area contributed by atoms with E-state index in [1.807, 2.05) is 24.3 Å². The number of hydrogen-bond acceptors (Lipinski definition) is 6. The number of carbonyl (C=O) groups is 1. The minimum Gasteiger partial charge on any atom is -0.354 e. The minimum absolute atomic E-state index is 0.0300. The quantitative estimate of drug-likeness (QED) is 0.388. The number of hydrogen-bond donors (Lipinski definition) is 1. The van der Waals surface area contributed by atoms with Crippen LogP contribution in [-0.2, 0) is 11.3 Å². The van der Waals surface area contributed by atoms with Crippen LogP contribution in [0.4, 0.5) is 4.39 Å². The number of benzene rings is 2. The van der Waals surface area contributed by atoms with E-state index in [2.05, 4.69) is 25.0 Å². The molecule has 4 aromatic rings. The molecule has 0 spiro atoms. The van der Waals surface area contributed by atoms with Crippen molar-refractivity contribution in [1.82, 2.24) is 30.0 Å². The van der Waals surface area contributed by atoms with E-state index in [1.165, 1.54) is 43.2 Å². The third kappa shape index (κ3) is 5.20. The number of piperidine rings is 1. The van der Waals surface area contributed by atoms with Gasteiger partial charge in [0.15, 0.2) is 5.65 Å². The highest BCUT2D eigenvalue weighted by atomic mass is 32.2. The van der Waals surface area contributed by atoms with Crippen LogP contribution in [0, 0.1) is 5.82 Å². The Kier molecular flexibility index (Phi) is 7.01. The molecule has 2 aromatic carbocycles. The van der Waals surface area contributed by atoms with Crippen molar-refractivity contribution in [2.24, 2.45) is 0 Å². The third-order valence-corrected chi connectivity index (χ3v) is 6.98. The predicted molar refractivity (Wildman–Crippen MR) is 132 cm³/mol. The van der Waals surface area contributed by atoms with Gasteiger partial charge < -0.3 is 14.8 Å². The van der Waals surface area contributed by atoms with Gasteiger partial charge in [-0.2, -0.15) is 0 Å². The Balaban J connectivity index is 1.29.